The van der Waals surface area contributed by atoms with Gasteiger partial charge < -0.3 is 5.32 Å². The summed E-state index contributed by atoms with van der Waals surface area (Å²) in [7, 11) is 0. The highest BCUT2D eigenvalue weighted by Crippen LogP contribution is 2.25. The number of carbonyl (C=O) groups excluding carboxylic acids is 1. The number of para-hydroxylation sites is 1. The molecule has 138 valence electrons. The monoisotopic (exact) mass is 370 g/mol. The zero-order valence-electron chi connectivity index (χ0n) is 15.4. The van der Waals surface area contributed by atoms with Crippen LogP contribution >= 0.6 is 0 Å². The minimum atomic E-state index is -0.294. The molecule has 4 aromatic rings. The predicted octanol–water partition coefficient (Wildman–Crippen LogP) is 5.28. The zero-order chi connectivity index (χ0) is 19.5. The van der Waals surface area contributed by atoms with Gasteiger partial charge in [0, 0.05) is 17.5 Å². The number of hydrogen-bond donors (Lipinski definition) is 1. The molecule has 0 aliphatic heterocycles. The number of aromatic nitrogens is 1. The van der Waals surface area contributed by atoms with Crippen molar-refractivity contribution in [2.24, 2.45) is 0 Å². The SMILES string of the molecule is Cc1cccc(-c2cc(C(=O)NCc3ccc(F)cc3)c3ccccc3n2)c1. The summed E-state index contributed by atoms with van der Waals surface area (Å²) >= 11 is 0. The number of benzene rings is 3. The Bertz CT molecular complexity index is 1150. The van der Waals surface area contributed by atoms with Crippen LogP contribution in [0.15, 0.2) is 78.9 Å². The molecule has 0 aliphatic carbocycles. The van der Waals surface area contributed by atoms with Gasteiger partial charge in [0.15, 0.2) is 0 Å². The topological polar surface area (TPSA) is 42.0 Å². The quantitative estimate of drug-likeness (QED) is 0.531. The molecule has 1 amide bonds. The molecule has 28 heavy (non-hydrogen) atoms. The Balaban J connectivity index is 1.70. The number of amides is 1. The van der Waals surface area contributed by atoms with E-state index in [0.29, 0.717) is 12.1 Å². The van der Waals surface area contributed by atoms with E-state index >= 15 is 0 Å². The maximum absolute atomic E-state index is 13.1. The lowest BCUT2D eigenvalue weighted by molar-refractivity contribution is 0.0952. The summed E-state index contributed by atoms with van der Waals surface area (Å²) in [6.45, 7) is 2.36. The van der Waals surface area contributed by atoms with Crippen LogP contribution in [0.4, 0.5) is 4.39 Å². The van der Waals surface area contributed by atoms with E-state index in [0.717, 1.165) is 33.3 Å². The second-order valence-corrected chi connectivity index (χ2v) is 6.75. The molecule has 0 saturated heterocycles. The highest BCUT2D eigenvalue weighted by Gasteiger charge is 2.14. The smallest absolute Gasteiger partial charge is 0.252 e. The first-order valence-corrected chi connectivity index (χ1v) is 9.09. The van der Waals surface area contributed by atoms with E-state index in [-0.39, 0.29) is 11.7 Å². The molecule has 0 radical (unpaired) electrons. The van der Waals surface area contributed by atoms with Crippen molar-refractivity contribution in [3.8, 4) is 11.3 Å². The molecule has 0 atom stereocenters. The van der Waals surface area contributed by atoms with E-state index in [9.17, 15) is 9.18 Å². The van der Waals surface area contributed by atoms with Crippen molar-refractivity contribution < 1.29 is 9.18 Å². The normalized spacial score (nSPS) is 10.8. The van der Waals surface area contributed by atoms with Gasteiger partial charge in [-0.25, -0.2) is 9.37 Å². The molecular formula is C24H19FN2O. The van der Waals surface area contributed by atoms with Crippen LogP contribution in [0.25, 0.3) is 22.2 Å². The molecule has 1 aromatic heterocycles. The molecule has 0 aliphatic rings. The molecule has 0 fully saturated rings. The van der Waals surface area contributed by atoms with E-state index in [4.69, 9.17) is 4.98 Å². The fraction of sp³-hybridized carbons (Fsp3) is 0.0833. The summed E-state index contributed by atoms with van der Waals surface area (Å²) in [6.07, 6.45) is 0. The Morgan fingerprint density at radius 1 is 0.964 bits per heavy atom. The number of pyridine rings is 1. The molecule has 0 saturated carbocycles. The van der Waals surface area contributed by atoms with E-state index in [2.05, 4.69) is 11.4 Å². The second-order valence-electron chi connectivity index (χ2n) is 6.75. The Labute approximate surface area is 162 Å². The molecular weight excluding hydrogens is 351 g/mol. The van der Waals surface area contributed by atoms with Gasteiger partial charge in [-0.3, -0.25) is 4.79 Å². The zero-order valence-corrected chi connectivity index (χ0v) is 15.4. The average Bonchev–Trinajstić information content (AvgIpc) is 2.72. The number of nitrogens with one attached hydrogen (secondary N) is 1. The second kappa shape index (κ2) is 7.61. The number of nitrogens with zero attached hydrogens (tertiary/aromatic N) is 1. The van der Waals surface area contributed by atoms with Crippen molar-refractivity contribution in [3.05, 3.63) is 101 Å². The average molecular weight is 370 g/mol. The van der Waals surface area contributed by atoms with Crippen LogP contribution in [-0.2, 0) is 6.54 Å². The van der Waals surface area contributed by atoms with Crippen LogP contribution in [0.3, 0.4) is 0 Å². The maximum atomic E-state index is 13.1. The lowest BCUT2D eigenvalue weighted by Crippen LogP contribution is -2.23. The van der Waals surface area contributed by atoms with Crippen molar-refractivity contribution in [2.75, 3.05) is 0 Å². The van der Waals surface area contributed by atoms with Gasteiger partial charge in [-0.15, -0.1) is 0 Å². The van der Waals surface area contributed by atoms with Gasteiger partial charge in [-0.1, -0.05) is 54.1 Å². The van der Waals surface area contributed by atoms with Crippen molar-refractivity contribution in [2.45, 2.75) is 13.5 Å². The van der Waals surface area contributed by atoms with Crippen LogP contribution in [-0.4, -0.2) is 10.9 Å². The molecule has 0 spiro atoms. The fourth-order valence-corrected chi connectivity index (χ4v) is 3.20. The fourth-order valence-electron chi connectivity index (χ4n) is 3.20. The maximum Gasteiger partial charge on any atom is 0.252 e. The third-order valence-electron chi connectivity index (χ3n) is 4.64. The molecule has 4 rings (SSSR count). The van der Waals surface area contributed by atoms with Crippen molar-refractivity contribution in [3.63, 3.8) is 0 Å². The number of fused-ring (bicyclic) bond motifs is 1. The van der Waals surface area contributed by atoms with Crippen LogP contribution in [0.5, 0.6) is 0 Å². The van der Waals surface area contributed by atoms with Crippen LogP contribution in [0.2, 0.25) is 0 Å². The molecule has 1 N–H and O–H groups in total. The van der Waals surface area contributed by atoms with Gasteiger partial charge in [0.25, 0.3) is 5.91 Å². The van der Waals surface area contributed by atoms with E-state index in [1.54, 1.807) is 12.1 Å². The van der Waals surface area contributed by atoms with Gasteiger partial charge >= 0.3 is 0 Å². The summed E-state index contributed by atoms with van der Waals surface area (Å²) in [5.74, 6) is -0.477. The highest BCUT2D eigenvalue weighted by atomic mass is 19.1. The lowest BCUT2D eigenvalue weighted by atomic mass is 10.0. The van der Waals surface area contributed by atoms with Gasteiger partial charge in [0.05, 0.1) is 16.8 Å². The number of rotatable bonds is 4. The van der Waals surface area contributed by atoms with E-state index in [1.807, 2.05) is 55.5 Å². The van der Waals surface area contributed by atoms with Crippen molar-refractivity contribution in [1.82, 2.24) is 10.3 Å². The predicted molar refractivity (Wildman–Crippen MR) is 109 cm³/mol. The molecule has 3 nitrogen and oxygen atoms in total. The molecule has 0 bridgehead atoms. The van der Waals surface area contributed by atoms with Gasteiger partial charge in [0.1, 0.15) is 5.82 Å². The standard InChI is InChI=1S/C24H19FN2O/c1-16-5-4-6-18(13-16)23-14-21(20-7-2-3-8-22(20)27-23)24(28)26-15-17-9-11-19(25)12-10-17/h2-14H,15H2,1H3,(H,26,28). The molecule has 1 heterocycles. The summed E-state index contributed by atoms with van der Waals surface area (Å²) in [5, 5.41) is 3.73. The molecule has 4 heteroatoms. The summed E-state index contributed by atoms with van der Waals surface area (Å²) in [4.78, 5) is 17.7. The van der Waals surface area contributed by atoms with Gasteiger partial charge in [0.2, 0.25) is 0 Å². The third-order valence-corrected chi connectivity index (χ3v) is 4.64. The minimum absolute atomic E-state index is 0.183. The highest BCUT2D eigenvalue weighted by molar-refractivity contribution is 6.07. The summed E-state index contributed by atoms with van der Waals surface area (Å²) in [6, 6.07) is 23.6. The number of carbonyl (C=O) groups is 1. The third kappa shape index (κ3) is 3.76. The summed E-state index contributed by atoms with van der Waals surface area (Å²) in [5.41, 5.74) is 5.05. The Morgan fingerprint density at radius 3 is 2.54 bits per heavy atom. The number of aryl methyl sites for hydroxylation is 1. The van der Waals surface area contributed by atoms with Crippen LogP contribution in [0, 0.1) is 12.7 Å². The van der Waals surface area contributed by atoms with Gasteiger partial charge in [-0.2, -0.15) is 0 Å². The van der Waals surface area contributed by atoms with Crippen molar-refractivity contribution in [1.29, 1.82) is 0 Å². The first-order valence-electron chi connectivity index (χ1n) is 9.09. The van der Waals surface area contributed by atoms with E-state index in [1.165, 1.54) is 12.1 Å². The van der Waals surface area contributed by atoms with Crippen LogP contribution < -0.4 is 5.32 Å². The lowest BCUT2D eigenvalue weighted by Gasteiger charge is -2.11. The Morgan fingerprint density at radius 2 is 1.75 bits per heavy atom. The molecule has 0 unspecified atom stereocenters. The molecule has 3 aromatic carbocycles. The largest absolute Gasteiger partial charge is 0.348 e. The van der Waals surface area contributed by atoms with Crippen LogP contribution in [0.1, 0.15) is 21.5 Å². The Kier molecular flexibility index (Phi) is 4.85. The Hall–Kier alpha value is -3.53. The van der Waals surface area contributed by atoms with Crippen molar-refractivity contribution >= 4 is 16.8 Å². The minimum Gasteiger partial charge on any atom is -0.348 e. The first-order chi connectivity index (χ1) is 13.6. The summed E-state index contributed by atoms with van der Waals surface area (Å²) < 4.78 is 13.1. The van der Waals surface area contributed by atoms with Gasteiger partial charge in [-0.05, 0) is 42.8 Å². The first kappa shape index (κ1) is 17.9. The number of hydrogen-bond acceptors (Lipinski definition) is 2. The number of halogens is 1. The van der Waals surface area contributed by atoms with E-state index < -0.39 is 0 Å².